The van der Waals surface area contributed by atoms with Crippen LogP contribution in [0.5, 0.6) is 0 Å². The van der Waals surface area contributed by atoms with Gasteiger partial charge in [-0.1, -0.05) is 39.5 Å². The highest BCUT2D eigenvalue weighted by Crippen LogP contribution is 2.21. The molecule has 28 heavy (non-hydrogen) atoms. The van der Waals surface area contributed by atoms with Crippen molar-refractivity contribution in [3.05, 3.63) is 35.5 Å². The Morgan fingerprint density at radius 3 is 2.46 bits per heavy atom. The van der Waals surface area contributed by atoms with Gasteiger partial charge in [0, 0.05) is 23.8 Å². The van der Waals surface area contributed by atoms with Gasteiger partial charge in [0.25, 0.3) is 5.91 Å². The lowest BCUT2D eigenvalue weighted by Crippen LogP contribution is -2.50. The molecule has 2 heterocycles. The lowest BCUT2D eigenvalue weighted by Gasteiger charge is -2.30. The zero-order valence-electron chi connectivity index (χ0n) is 15.4. The molecule has 0 spiro atoms. The van der Waals surface area contributed by atoms with Crippen molar-refractivity contribution in [1.29, 1.82) is 0 Å². The number of nitrogens with two attached hydrogens (primary N) is 1. The summed E-state index contributed by atoms with van der Waals surface area (Å²) < 4.78 is 1.51. The van der Waals surface area contributed by atoms with Gasteiger partial charge in [-0.3, -0.25) is 4.79 Å². The number of fused-ring (bicyclic) bond motifs is 1. The maximum absolute atomic E-state index is 11.7. The van der Waals surface area contributed by atoms with Crippen LogP contribution in [0.4, 0.5) is 0 Å². The molecule has 3 N–H and O–H groups in total. The van der Waals surface area contributed by atoms with E-state index in [0.29, 0.717) is 38.6 Å². The van der Waals surface area contributed by atoms with E-state index in [1.807, 2.05) is 6.07 Å². The van der Waals surface area contributed by atoms with Crippen LogP contribution in [0.15, 0.2) is 24.4 Å². The smallest absolute Gasteiger partial charge is 0.250 e. The van der Waals surface area contributed by atoms with Crippen LogP contribution in [0.25, 0.3) is 16.6 Å². The minimum atomic E-state index is -0.559. The number of carbonyl (C=O) groups is 1. The largest absolute Gasteiger partial charge is 0.366 e. The van der Waals surface area contributed by atoms with Gasteiger partial charge in [0.2, 0.25) is 0 Å². The number of hydrogen-bond acceptors (Lipinski definition) is 3. The number of aromatic nitrogens is 2. The summed E-state index contributed by atoms with van der Waals surface area (Å²) in [5.74, 6) is -0.401. The molecule has 130 valence electrons. The van der Waals surface area contributed by atoms with Crippen LogP contribution in [-0.4, -0.2) is 60.2 Å². The first-order chi connectivity index (χ1) is 13.4. The molecule has 0 aliphatic carbocycles. The van der Waals surface area contributed by atoms with E-state index in [1.54, 1.807) is 18.3 Å². The first kappa shape index (κ1) is 18.9. The number of amides is 1. The molecule has 5 nitrogen and oxygen atoms in total. The average Bonchev–Trinajstić information content (AvgIpc) is 3.11. The van der Waals surface area contributed by atoms with Gasteiger partial charge in [0.05, 0.1) is 5.56 Å². The lowest BCUT2D eigenvalue weighted by atomic mass is 9.63. The second-order valence-electron chi connectivity index (χ2n) is 7.14. The molecule has 8 radical (unpaired) electrons. The summed E-state index contributed by atoms with van der Waals surface area (Å²) in [7, 11) is 25.5. The second kappa shape index (κ2) is 7.21. The zero-order valence-corrected chi connectivity index (χ0v) is 15.4. The number of hydrogen-bond donors (Lipinski definition) is 2. The minimum absolute atomic E-state index is 0.158. The predicted molar refractivity (Wildman–Crippen MR) is 116 cm³/mol. The molecular weight excluding hydrogens is 343 g/mol. The molecule has 0 bridgehead atoms. The molecule has 1 atom stereocenters. The Bertz CT molecular complexity index is 1060. The third kappa shape index (κ3) is 2.98. The summed E-state index contributed by atoms with van der Waals surface area (Å²) in [5, 5.41) is 8.57. The predicted octanol–water partition coefficient (Wildman–Crippen LogP) is -2.23. The standard InChI is InChI=1S/C19H16B4N4O/c20-13-12(9-4-2-6-25-7-9)14(21)16(23)18(15(13)22)27-8-10-3-1-5-11(19(24)28)17(10)26-27/h1,3,5,8-9,25H,2,4,6-7H2,(H2,24,28). The van der Waals surface area contributed by atoms with E-state index in [4.69, 9.17) is 37.1 Å². The summed E-state index contributed by atoms with van der Waals surface area (Å²) >= 11 is 0. The van der Waals surface area contributed by atoms with E-state index in [1.165, 1.54) is 4.68 Å². The van der Waals surface area contributed by atoms with Crippen molar-refractivity contribution in [1.82, 2.24) is 15.1 Å². The maximum atomic E-state index is 11.7. The molecule has 3 aromatic rings. The van der Waals surface area contributed by atoms with Gasteiger partial charge in [0.1, 0.15) is 36.9 Å². The number of nitrogens with one attached hydrogen (secondary N) is 1. The van der Waals surface area contributed by atoms with E-state index < -0.39 is 5.91 Å². The van der Waals surface area contributed by atoms with Crippen LogP contribution in [0.1, 0.15) is 34.7 Å². The molecule has 1 aliphatic rings. The minimum Gasteiger partial charge on any atom is -0.366 e. The van der Waals surface area contributed by atoms with E-state index in [9.17, 15) is 4.79 Å². The third-order valence-corrected chi connectivity index (χ3v) is 5.41. The van der Waals surface area contributed by atoms with Crippen LogP contribution in [0.3, 0.4) is 0 Å². The van der Waals surface area contributed by atoms with Crippen molar-refractivity contribution in [2.24, 2.45) is 5.73 Å². The topological polar surface area (TPSA) is 72.9 Å². The quantitative estimate of drug-likeness (QED) is 0.520. The first-order valence-corrected chi connectivity index (χ1v) is 9.15. The normalized spacial score (nSPS) is 17.1. The van der Waals surface area contributed by atoms with Gasteiger partial charge in [-0.25, -0.2) is 4.68 Å². The third-order valence-electron chi connectivity index (χ3n) is 5.41. The Morgan fingerprint density at radius 2 is 1.86 bits per heavy atom. The van der Waals surface area contributed by atoms with Crippen molar-refractivity contribution in [2.45, 2.75) is 18.8 Å². The molecule has 1 saturated heterocycles. The molecule has 2 aromatic carbocycles. The zero-order chi connectivity index (χ0) is 20.0. The fourth-order valence-corrected chi connectivity index (χ4v) is 3.98. The van der Waals surface area contributed by atoms with Crippen molar-refractivity contribution in [3.8, 4) is 5.69 Å². The monoisotopic (exact) mass is 360 g/mol. The van der Waals surface area contributed by atoms with Crippen LogP contribution in [-0.2, 0) is 0 Å². The fourth-order valence-electron chi connectivity index (χ4n) is 3.98. The molecule has 1 unspecified atom stereocenters. The molecule has 1 aromatic heterocycles. The van der Waals surface area contributed by atoms with Gasteiger partial charge in [0.15, 0.2) is 0 Å². The van der Waals surface area contributed by atoms with Crippen molar-refractivity contribution < 1.29 is 4.79 Å². The molecular formula is C19H16B4N4O. The highest BCUT2D eigenvalue weighted by molar-refractivity contribution is 6.59. The second-order valence-corrected chi connectivity index (χ2v) is 7.14. The van der Waals surface area contributed by atoms with Gasteiger partial charge in [-0.2, -0.15) is 5.10 Å². The van der Waals surface area contributed by atoms with Crippen molar-refractivity contribution in [2.75, 3.05) is 13.1 Å². The number of carbonyl (C=O) groups excluding carboxylic acids is 1. The highest BCUT2D eigenvalue weighted by atomic mass is 16.1. The summed E-state index contributed by atoms with van der Waals surface area (Å²) in [5.41, 5.74) is 8.92. The Balaban J connectivity index is 1.90. The summed E-state index contributed by atoms with van der Waals surface area (Å²) in [6.45, 7) is 1.75. The van der Waals surface area contributed by atoms with Crippen LogP contribution in [0.2, 0.25) is 0 Å². The Hall–Kier alpha value is -2.40. The van der Waals surface area contributed by atoms with E-state index in [2.05, 4.69) is 10.4 Å². The summed E-state index contributed by atoms with van der Waals surface area (Å²) in [4.78, 5) is 11.7. The average molecular weight is 360 g/mol. The van der Waals surface area contributed by atoms with E-state index in [-0.39, 0.29) is 5.92 Å². The van der Waals surface area contributed by atoms with Crippen LogP contribution >= 0.6 is 0 Å². The Kier molecular flexibility index (Phi) is 4.88. The summed E-state index contributed by atoms with van der Waals surface area (Å²) in [6, 6.07) is 5.19. The molecule has 4 rings (SSSR count). The van der Waals surface area contributed by atoms with Crippen molar-refractivity contribution >= 4 is 70.0 Å². The van der Waals surface area contributed by atoms with Crippen LogP contribution < -0.4 is 32.9 Å². The van der Waals surface area contributed by atoms with Crippen molar-refractivity contribution in [3.63, 3.8) is 0 Å². The van der Waals surface area contributed by atoms with Gasteiger partial charge >= 0.3 is 0 Å². The molecule has 0 saturated carbocycles. The molecule has 1 aliphatic heterocycles. The SMILES string of the molecule is [B]c1c([B])c(-n2cc3cccc(C(N)=O)c3n2)c([B])c([B])c1C1CCCNC1. The number of rotatable bonds is 3. The summed E-state index contributed by atoms with van der Waals surface area (Å²) in [6.07, 6.45) is 3.73. The van der Waals surface area contributed by atoms with Crippen LogP contribution in [0, 0.1) is 0 Å². The van der Waals surface area contributed by atoms with Gasteiger partial charge in [-0.05, 0) is 31.4 Å². The lowest BCUT2D eigenvalue weighted by molar-refractivity contribution is 0.100. The number of benzene rings is 2. The van der Waals surface area contributed by atoms with E-state index >= 15 is 0 Å². The highest BCUT2D eigenvalue weighted by Gasteiger charge is 2.23. The number of piperidine rings is 1. The molecule has 9 heteroatoms. The first-order valence-electron chi connectivity index (χ1n) is 9.15. The van der Waals surface area contributed by atoms with Gasteiger partial charge in [-0.15, -0.1) is 0 Å². The Labute approximate surface area is 169 Å². The van der Waals surface area contributed by atoms with Gasteiger partial charge < -0.3 is 11.1 Å². The number of nitrogens with zero attached hydrogens (tertiary/aromatic N) is 2. The Morgan fingerprint density at radius 1 is 1.14 bits per heavy atom. The fraction of sp³-hybridized carbons (Fsp3) is 0.263. The maximum Gasteiger partial charge on any atom is 0.250 e. The van der Waals surface area contributed by atoms with E-state index in [0.717, 1.165) is 36.9 Å². The molecule has 1 fully saturated rings. The molecule has 1 amide bonds. The number of primary amides is 1.